The maximum atomic E-state index is 6.74. The molecule has 0 saturated carbocycles. The van der Waals surface area contributed by atoms with Crippen LogP contribution in [0.4, 0.5) is 28.4 Å². The van der Waals surface area contributed by atoms with Gasteiger partial charge < -0.3 is 24.4 Å². The van der Waals surface area contributed by atoms with E-state index in [9.17, 15) is 0 Å². The van der Waals surface area contributed by atoms with E-state index in [-0.39, 0.29) is 0 Å². The highest BCUT2D eigenvalue weighted by atomic mass is 16.5. The van der Waals surface area contributed by atoms with Crippen molar-refractivity contribution in [2.75, 3.05) is 21.8 Å². The third-order valence-electron chi connectivity index (χ3n) is 11.8. The Morgan fingerprint density at radius 1 is 0.410 bits per heavy atom. The first-order valence-corrected chi connectivity index (χ1v) is 20.8. The van der Waals surface area contributed by atoms with Gasteiger partial charge in [-0.2, -0.15) is 0 Å². The number of ether oxygens (including phenoxy) is 1. The smallest absolute Gasteiger partial charge is 0.129 e. The van der Waals surface area contributed by atoms with E-state index >= 15 is 0 Å². The number of anilines is 5. The molecule has 10 aromatic rings. The van der Waals surface area contributed by atoms with E-state index in [0.717, 1.165) is 39.8 Å². The molecule has 292 valence electrons. The number of hydrogen-bond donors (Lipinski definition) is 1. The Kier molecular flexibility index (Phi) is 9.24. The van der Waals surface area contributed by atoms with Crippen molar-refractivity contribution in [1.82, 2.24) is 4.57 Å². The number of fused-ring (bicyclic) bond motifs is 4. The minimum atomic E-state index is 0.609. The van der Waals surface area contributed by atoms with E-state index in [4.69, 9.17) is 4.74 Å². The average molecular weight is 787 g/mol. The summed E-state index contributed by atoms with van der Waals surface area (Å²) >= 11 is 0. The molecule has 9 aromatic carbocycles. The Balaban J connectivity index is 0.907. The molecular formula is C56H42N4O. The van der Waals surface area contributed by atoms with Crippen LogP contribution in [0.15, 0.2) is 224 Å². The minimum absolute atomic E-state index is 0.609. The second kappa shape index (κ2) is 15.6. The number of aromatic nitrogens is 1. The molecule has 1 N–H and O–H groups in total. The molecule has 5 nitrogen and oxygen atoms in total. The van der Waals surface area contributed by atoms with Crippen molar-refractivity contribution < 1.29 is 4.74 Å². The molecule has 1 aliphatic heterocycles. The molecule has 0 unspecified atom stereocenters. The van der Waals surface area contributed by atoms with Crippen LogP contribution in [0.3, 0.4) is 0 Å². The molecule has 5 heteroatoms. The molecule has 61 heavy (non-hydrogen) atoms. The van der Waals surface area contributed by atoms with Crippen molar-refractivity contribution in [3.05, 3.63) is 224 Å². The van der Waals surface area contributed by atoms with Crippen molar-refractivity contribution in [2.24, 2.45) is 0 Å². The second-order valence-electron chi connectivity index (χ2n) is 15.4. The first-order valence-electron chi connectivity index (χ1n) is 20.8. The van der Waals surface area contributed by atoms with Gasteiger partial charge in [0.2, 0.25) is 0 Å². The Morgan fingerprint density at radius 2 is 0.967 bits per heavy atom. The molecule has 0 aliphatic carbocycles. The summed E-state index contributed by atoms with van der Waals surface area (Å²) in [5.41, 5.74) is 15.1. The zero-order valence-corrected chi connectivity index (χ0v) is 33.5. The minimum Gasteiger partial charge on any atom is -0.457 e. The predicted octanol–water partition coefficient (Wildman–Crippen LogP) is 14.9. The van der Waals surface area contributed by atoms with E-state index in [2.05, 4.69) is 238 Å². The quantitative estimate of drug-likeness (QED) is 0.150. The molecule has 0 radical (unpaired) electrons. The fourth-order valence-electron chi connectivity index (χ4n) is 8.86. The maximum Gasteiger partial charge on any atom is 0.129 e. The summed E-state index contributed by atoms with van der Waals surface area (Å²) in [4.78, 5) is 4.85. The first kappa shape index (κ1) is 36.1. The van der Waals surface area contributed by atoms with Crippen molar-refractivity contribution in [2.45, 2.75) is 6.67 Å². The standard InChI is InChI=1S/C56H42N4O/c1-4-16-40(17-5-1)41-30-32-44(33-31-41)57-38-58-52-27-11-10-24-50(52)51-35-34-47(37-55(51)58)61-46-23-14-22-45(36-46)59-39-60(54-29-13-12-28-53(54)59)56-48(42-18-6-2-7-19-42)25-15-26-49(56)43-20-8-3-9-21-43/h1-37,57H,38-39H2. The molecule has 1 aliphatic rings. The molecule has 2 heterocycles. The fourth-order valence-corrected chi connectivity index (χ4v) is 8.86. The van der Waals surface area contributed by atoms with Gasteiger partial charge in [0.05, 0.1) is 34.8 Å². The van der Waals surface area contributed by atoms with Gasteiger partial charge >= 0.3 is 0 Å². The highest BCUT2D eigenvalue weighted by Gasteiger charge is 2.31. The van der Waals surface area contributed by atoms with E-state index in [1.54, 1.807) is 0 Å². The molecule has 0 bridgehead atoms. The number of benzene rings is 9. The Morgan fingerprint density at radius 3 is 1.67 bits per heavy atom. The number of nitrogens with one attached hydrogen (secondary N) is 1. The third-order valence-corrected chi connectivity index (χ3v) is 11.8. The molecule has 0 spiro atoms. The molecule has 0 saturated heterocycles. The number of nitrogens with zero attached hydrogens (tertiary/aromatic N) is 3. The lowest BCUT2D eigenvalue weighted by atomic mass is 9.95. The lowest BCUT2D eigenvalue weighted by Gasteiger charge is -2.27. The summed E-state index contributed by atoms with van der Waals surface area (Å²) in [7, 11) is 0. The van der Waals surface area contributed by atoms with Crippen LogP contribution in [0.2, 0.25) is 0 Å². The summed E-state index contributed by atoms with van der Waals surface area (Å²) in [6.07, 6.45) is 0. The molecule has 11 rings (SSSR count). The molecule has 0 atom stereocenters. The second-order valence-corrected chi connectivity index (χ2v) is 15.4. The maximum absolute atomic E-state index is 6.74. The van der Waals surface area contributed by atoms with Gasteiger partial charge in [-0.1, -0.05) is 158 Å². The molecule has 0 amide bonds. The topological polar surface area (TPSA) is 32.7 Å². The van der Waals surface area contributed by atoms with Crippen molar-refractivity contribution >= 4 is 50.2 Å². The zero-order valence-electron chi connectivity index (χ0n) is 33.5. The highest BCUT2D eigenvalue weighted by molar-refractivity contribution is 6.08. The lowest BCUT2D eigenvalue weighted by Crippen LogP contribution is -2.24. The fraction of sp³-hybridized carbons (Fsp3) is 0.0357. The van der Waals surface area contributed by atoms with Crippen LogP contribution in [0.5, 0.6) is 11.5 Å². The number of para-hydroxylation sites is 4. The Hall–Kier alpha value is -8.02. The van der Waals surface area contributed by atoms with Crippen LogP contribution in [0, 0.1) is 0 Å². The first-order chi connectivity index (χ1) is 30.2. The number of rotatable bonds is 10. The Labute approximate surface area is 356 Å². The summed E-state index contributed by atoms with van der Waals surface area (Å²) in [5.74, 6) is 1.57. The summed E-state index contributed by atoms with van der Waals surface area (Å²) in [6, 6.07) is 79.4. The van der Waals surface area contributed by atoms with Gasteiger partial charge in [0.25, 0.3) is 0 Å². The van der Waals surface area contributed by atoms with Crippen molar-refractivity contribution in [3.63, 3.8) is 0 Å². The van der Waals surface area contributed by atoms with Gasteiger partial charge in [0.15, 0.2) is 0 Å². The van der Waals surface area contributed by atoms with Crippen LogP contribution in [0.1, 0.15) is 0 Å². The number of hydrogen-bond acceptors (Lipinski definition) is 4. The van der Waals surface area contributed by atoms with Gasteiger partial charge in [-0.15, -0.1) is 0 Å². The largest absolute Gasteiger partial charge is 0.457 e. The summed E-state index contributed by atoms with van der Waals surface area (Å²) < 4.78 is 9.07. The van der Waals surface area contributed by atoms with E-state index in [1.165, 1.54) is 55.4 Å². The van der Waals surface area contributed by atoms with Crippen LogP contribution in [-0.2, 0) is 6.67 Å². The van der Waals surface area contributed by atoms with Gasteiger partial charge in [-0.05, 0) is 76.9 Å². The van der Waals surface area contributed by atoms with Crippen LogP contribution < -0.4 is 19.9 Å². The van der Waals surface area contributed by atoms with E-state index < -0.39 is 0 Å². The summed E-state index contributed by atoms with van der Waals surface area (Å²) in [6.45, 7) is 1.25. The normalized spacial score (nSPS) is 12.2. The SMILES string of the molecule is c1ccc(-c2ccc(NCn3c4ccccc4c4ccc(Oc5cccc(N6CN(c7c(-c8ccccc8)cccc7-c7ccccc7)c7ccccc76)c5)cc43)cc2)cc1. The Bertz CT molecular complexity index is 3080. The zero-order chi connectivity index (χ0) is 40.5. The van der Waals surface area contributed by atoms with E-state index in [0.29, 0.717) is 13.3 Å². The molecular weight excluding hydrogens is 745 g/mol. The molecule has 1 aromatic heterocycles. The van der Waals surface area contributed by atoms with Crippen molar-refractivity contribution in [3.8, 4) is 44.9 Å². The van der Waals surface area contributed by atoms with Crippen LogP contribution >= 0.6 is 0 Å². The average Bonchev–Trinajstić information content (AvgIpc) is 3.87. The van der Waals surface area contributed by atoms with Crippen molar-refractivity contribution in [1.29, 1.82) is 0 Å². The third kappa shape index (κ3) is 6.82. The van der Waals surface area contributed by atoms with Crippen LogP contribution in [0.25, 0.3) is 55.2 Å². The van der Waals surface area contributed by atoms with E-state index in [1.807, 2.05) is 6.07 Å². The van der Waals surface area contributed by atoms with Gasteiger partial charge in [-0.3, -0.25) is 0 Å². The van der Waals surface area contributed by atoms with Gasteiger partial charge in [0, 0.05) is 45.4 Å². The lowest BCUT2D eigenvalue weighted by molar-refractivity contribution is 0.483. The summed E-state index contributed by atoms with van der Waals surface area (Å²) in [5, 5.41) is 6.09. The highest BCUT2D eigenvalue weighted by Crippen LogP contribution is 2.50. The predicted molar refractivity (Wildman–Crippen MR) is 254 cm³/mol. The van der Waals surface area contributed by atoms with Gasteiger partial charge in [-0.25, -0.2) is 0 Å². The van der Waals surface area contributed by atoms with Crippen LogP contribution in [-0.4, -0.2) is 11.2 Å². The monoisotopic (exact) mass is 786 g/mol. The molecule has 0 fully saturated rings. The van der Waals surface area contributed by atoms with Gasteiger partial charge in [0.1, 0.15) is 18.2 Å².